The van der Waals surface area contributed by atoms with E-state index in [1.807, 2.05) is 38.1 Å². The Kier molecular flexibility index (Phi) is 9.00. The zero-order chi connectivity index (χ0) is 23.1. The van der Waals surface area contributed by atoms with E-state index in [2.05, 4.69) is 21.2 Å². The summed E-state index contributed by atoms with van der Waals surface area (Å²) in [6, 6.07) is 12.7. The minimum Gasteiger partial charge on any atom is -0.483 e. The summed E-state index contributed by atoms with van der Waals surface area (Å²) < 4.78 is 6.46. The van der Waals surface area contributed by atoms with Crippen LogP contribution in [0.15, 0.2) is 46.9 Å². The standard InChI is InChI=1S/C25H30BrClN2O3/c1-3-22(25(31)28-20-10-6-7-11-20)29(15-18-9-5-4-8-17(18)2)24(30)16-32-23-13-12-19(27)14-21(23)26/h4-5,8-9,12-14,20,22H,3,6-7,10-11,15-16H2,1-2H3,(H,28,31)/t22-/m1/s1. The molecule has 0 aromatic heterocycles. The first kappa shape index (κ1) is 24.6. The van der Waals surface area contributed by atoms with Crippen molar-refractivity contribution in [3.63, 3.8) is 0 Å². The number of nitrogens with one attached hydrogen (secondary N) is 1. The first-order valence-corrected chi connectivity index (χ1v) is 12.3. The molecule has 0 aliphatic heterocycles. The molecule has 3 rings (SSSR count). The molecule has 7 heteroatoms. The molecule has 0 radical (unpaired) electrons. The maximum atomic E-state index is 13.3. The van der Waals surface area contributed by atoms with Crippen molar-refractivity contribution in [1.29, 1.82) is 0 Å². The quantitative estimate of drug-likeness (QED) is 0.463. The van der Waals surface area contributed by atoms with E-state index in [-0.39, 0.29) is 24.5 Å². The molecule has 0 spiro atoms. The maximum Gasteiger partial charge on any atom is 0.261 e. The second-order valence-corrected chi connectivity index (χ2v) is 9.52. The van der Waals surface area contributed by atoms with Crippen molar-refractivity contribution < 1.29 is 14.3 Å². The summed E-state index contributed by atoms with van der Waals surface area (Å²) in [7, 11) is 0. The van der Waals surface area contributed by atoms with Gasteiger partial charge in [0.05, 0.1) is 4.47 Å². The number of hydrogen-bond acceptors (Lipinski definition) is 3. The van der Waals surface area contributed by atoms with Crippen LogP contribution in [0.4, 0.5) is 0 Å². The van der Waals surface area contributed by atoms with E-state index in [9.17, 15) is 9.59 Å². The SMILES string of the molecule is CC[C@H](C(=O)NC1CCCC1)N(Cc1ccccc1C)C(=O)COc1ccc(Cl)cc1Br. The van der Waals surface area contributed by atoms with Crippen molar-refractivity contribution in [2.75, 3.05) is 6.61 Å². The van der Waals surface area contributed by atoms with Gasteiger partial charge in [0.1, 0.15) is 11.8 Å². The molecule has 1 aliphatic rings. The average Bonchev–Trinajstić information content (AvgIpc) is 3.27. The Labute approximate surface area is 203 Å². The second-order valence-electron chi connectivity index (χ2n) is 8.23. The highest BCUT2D eigenvalue weighted by Crippen LogP contribution is 2.28. The van der Waals surface area contributed by atoms with Gasteiger partial charge in [-0.05, 0) is 71.4 Å². The highest BCUT2D eigenvalue weighted by molar-refractivity contribution is 9.10. The van der Waals surface area contributed by atoms with Crippen LogP contribution in [0.2, 0.25) is 5.02 Å². The highest BCUT2D eigenvalue weighted by Gasteiger charge is 2.31. The van der Waals surface area contributed by atoms with Gasteiger partial charge in [0.15, 0.2) is 6.61 Å². The molecule has 5 nitrogen and oxygen atoms in total. The van der Waals surface area contributed by atoms with Crippen LogP contribution in [0.1, 0.15) is 50.2 Å². The lowest BCUT2D eigenvalue weighted by Crippen LogP contribution is -2.52. The number of halogens is 2. The first-order valence-electron chi connectivity index (χ1n) is 11.1. The summed E-state index contributed by atoms with van der Waals surface area (Å²) in [6.07, 6.45) is 4.80. The monoisotopic (exact) mass is 520 g/mol. The van der Waals surface area contributed by atoms with E-state index in [4.69, 9.17) is 16.3 Å². The molecule has 1 aliphatic carbocycles. The number of rotatable bonds is 9. The van der Waals surface area contributed by atoms with Crippen molar-refractivity contribution >= 4 is 39.3 Å². The van der Waals surface area contributed by atoms with Crippen LogP contribution in [-0.4, -0.2) is 35.4 Å². The van der Waals surface area contributed by atoms with Crippen LogP contribution in [0.3, 0.4) is 0 Å². The fraction of sp³-hybridized carbons (Fsp3) is 0.440. The Morgan fingerprint density at radius 2 is 1.94 bits per heavy atom. The Morgan fingerprint density at radius 1 is 1.22 bits per heavy atom. The third-order valence-corrected chi connectivity index (χ3v) is 6.79. The van der Waals surface area contributed by atoms with Gasteiger partial charge in [-0.2, -0.15) is 0 Å². The van der Waals surface area contributed by atoms with Gasteiger partial charge in [-0.25, -0.2) is 0 Å². The normalized spacial score (nSPS) is 14.8. The van der Waals surface area contributed by atoms with Crippen molar-refractivity contribution in [3.05, 3.63) is 63.1 Å². The summed E-state index contributed by atoms with van der Waals surface area (Å²) >= 11 is 9.41. The van der Waals surface area contributed by atoms with Crippen LogP contribution in [-0.2, 0) is 16.1 Å². The van der Waals surface area contributed by atoms with Crippen molar-refractivity contribution in [2.45, 2.75) is 64.6 Å². The predicted molar refractivity (Wildman–Crippen MR) is 131 cm³/mol. The molecular weight excluding hydrogens is 492 g/mol. The van der Waals surface area contributed by atoms with Gasteiger partial charge in [-0.3, -0.25) is 9.59 Å². The molecule has 0 heterocycles. The van der Waals surface area contributed by atoms with Crippen LogP contribution in [0.25, 0.3) is 0 Å². The fourth-order valence-corrected chi connectivity index (χ4v) is 4.87. The summed E-state index contributed by atoms with van der Waals surface area (Å²) in [5, 5.41) is 3.73. The third-order valence-electron chi connectivity index (χ3n) is 5.93. The molecule has 1 saturated carbocycles. The van der Waals surface area contributed by atoms with E-state index < -0.39 is 6.04 Å². The zero-order valence-corrected chi connectivity index (χ0v) is 20.9. The number of carbonyl (C=O) groups is 2. The molecule has 1 N–H and O–H groups in total. The van der Waals surface area contributed by atoms with Gasteiger partial charge in [0.25, 0.3) is 5.91 Å². The molecule has 32 heavy (non-hydrogen) atoms. The van der Waals surface area contributed by atoms with E-state index in [0.717, 1.165) is 36.8 Å². The summed E-state index contributed by atoms with van der Waals surface area (Å²) in [6.45, 7) is 4.14. The minimum atomic E-state index is -0.556. The molecular formula is C25H30BrClN2O3. The Balaban J connectivity index is 1.78. The van der Waals surface area contributed by atoms with Crippen LogP contribution in [0, 0.1) is 6.92 Å². The first-order chi connectivity index (χ1) is 15.4. The molecule has 0 bridgehead atoms. The molecule has 1 atom stereocenters. The van der Waals surface area contributed by atoms with Crippen molar-refractivity contribution in [2.24, 2.45) is 0 Å². The fourth-order valence-electron chi connectivity index (χ4n) is 4.07. The van der Waals surface area contributed by atoms with Crippen LogP contribution < -0.4 is 10.1 Å². The molecule has 0 unspecified atom stereocenters. The number of nitrogens with zero attached hydrogens (tertiary/aromatic N) is 1. The summed E-state index contributed by atoms with van der Waals surface area (Å²) in [5.74, 6) is 0.208. The molecule has 1 fully saturated rings. The minimum absolute atomic E-state index is 0.0889. The maximum absolute atomic E-state index is 13.3. The Bertz CT molecular complexity index is 947. The average molecular weight is 522 g/mol. The van der Waals surface area contributed by atoms with Gasteiger partial charge in [-0.1, -0.05) is 55.6 Å². The number of amides is 2. The largest absolute Gasteiger partial charge is 0.483 e. The van der Waals surface area contributed by atoms with E-state index in [0.29, 0.717) is 28.2 Å². The zero-order valence-electron chi connectivity index (χ0n) is 18.6. The molecule has 2 amide bonds. The number of benzene rings is 2. The topological polar surface area (TPSA) is 58.6 Å². The van der Waals surface area contributed by atoms with Crippen LogP contribution >= 0.6 is 27.5 Å². The summed E-state index contributed by atoms with van der Waals surface area (Å²) in [5.41, 5.74) is 2.10. The number of carbonyl (C=O) groups excluding carboxylic acids is 2. The number of aryl methyl sites for hydroxylation is 1. The molecule has 172 valence electrons. The number of ether oxygens (including phenoxy) is 1. The van der Waals surface area contributed by atoms with E-state index >= 15 is 0 Å². The smallest absolute Gasteiger partial charge is 0.261 e. The molecule has 0 saturated heterocycles. The molecule has 2 aromatic carbocycles. The van der Waals surface area contributed by atoms with Gasteiger partial charge in [0, 0.05) is 17.6 Å². The van der Waals surface area contributed by atoms with Gasteiger partial charge in [0.2, 0.25) is 5.91 Å². The van der Waals surface area contributed by atoms with E-state index in [1.54, 1.807) is 23.1 Å². The number of hydrogen-bond donors (Lipinski definition) is 1. The third kappa shape index (κ3) is 6.48. The van der Waals surface area contributed by atoms with Gasteiger partial charge < -0.3 is 15.0 Å². The Morgan fingerprint density at radius 3 is 2.59 bits per heavy atom. The summed E-state index contributed by atoms with van der Waals surface area (Å²) in [4.78, 5) is 28.1. The highest BCUT2D eigenvalue weighted by atomic mass is 79.9. The van der Waals surface area contributed by atoms with Gasteiger partial charge in [-0.15, -0.1) is 0 Å². The second kappa shape index (κ2) is 11.7. The van der Waals surface area contributed by atoms with Crippen molar-refractivity contribution in [3.8, 4) is 5.75 Å². The predicted octanol–water partition coefficient (Wildman–Crippen LogP) is 5.66. The Hall–Kier alpha value is -2.05. The lowest BCUT2D eigenvalue weighted by molar-refractivity contribution is -0.143. The lowest BCUT2D eigenvalue weighted by Gasteiger charge is -2.32. The van der Waals surface area contributed by atoms with E-state index in [1.165, 1.54) is 0 Å². The molecule has 2 aromatic rings. The van der Waals surface area contributed by atoms with Crippen molar-refractivity contribution in [1.82, 2.24) is 10.2 Å². The van der Waals surface area contributed by atoms with Gasteiger partial charge >= 0.3 is 0 Å². The van der Waals surface area contributed by atoms with Crippen LogP contribution in [0.5, 0.6) is 5.75 Å². The lowest BCUT2D eigenvalue weighted by atomic mass is 10.1.